The zero-order valence-corrected chi connectivity index (χ0v) is 20.3. The van der Waals surface area contributed by atoms with Crippen molar-refractivity contribution in [2.45, 2.75) is 24.9 Å². The number of halogens is 2. The second kappa shape index (κ2) is 12.7. The van der Waals surface area contributed by atoms with Crippen LogP contribution in [0.4, 0.5) is 4.79 Å². The average molecular weight is 502 g/mol. The molecular formula is C23H29Cl2NO7. The first-order valence-electron chi connectivity index (χ1n) is 10.2. The van der Waals surface area contributed by atoms with E-state index in [2.05, 4.69) is 5.32 Å². The van der Waals surface area contributed by atoms with Crippen molar-refractivity contribution in [2.75, 3.05) is 41.1 Å². The molecule has 0 bridgehead atoms. The number of hydrogen-bond donors (Lipinski definition) is 3. The van der Waals surface area contributed by atoms with E-state index >= 15 is 0 Å². The van der Waals surface area contributed by atoms with Gasteiger partial charge in [0.25, 0.3) is 0 Å². The summed E-state index contributed by atoms with van der Waals surface area (Å²) in [5.74, 6) is 1.47. The Hall–Kier alpha value is -2.39. The number of methoxy groups -OCH3 is 3. The van der Waals surface area contributed by atoms with Gasteiger partial charge in [0.15, 0.2) is 11.5 Å². The van der Waals surface area contributed by atoms with E-state index in [9.17, 15) is 15.0 Å². The van der Waals surface area contributed by atoms with Gasteiger partial charge in [0.05, 0.1) is 44.6 Å². The normalized spacial score (nSPS) is 12.7. The van der Waals surface area contributed by atoms with Crippen molar-refractivity contribution < 1.29 is 34.0 Å². The highest BCUT2D eigenvalue weighted by atomic mass is 35.5. The van der Waals surface area contributed by atoms with Crippen molar-refractivity contribution in [3.8, 4) is 17.2 Å². The molecule has 3 N–H and O–H groups in total. The van der Waals surface area contributed by atoms with E-state index in [1.54, 1.807) is 30.3 Å². The molecule has 0 saturated carbocycles. The molecule has 0 aliphatic carbocycles. The summed E-state index contributed by atoms with van der Waals surface area (Å²) in [5.41, 5.74) is 0.751. The average Bonchev–Trinajstić information content (AvgIpc) is 2.81. The predicted molar refractivity (Wildman–Crippen MR) is 126 cm³/mol. The highest BCUT2D eigenvalue weighted by Crippen LogP contribution is 2.39. The van der Waals surface area contributed by atoms with Gasteiger partial charge in [-0.05, 0) is 48.2 Å². The van der Waals surface area contributed by atoms with E-state index in [-0.39, 0.29) is 26.4 Å². The molecule has 33 heavy (non-hydrogen) atoms. The SMILES string of the molecule is COc1cc(COCC(CCCO)(CNC(=O)O)c2ccc(Cl)c(Cl)c2)cc(OC)c1OC. The third-order valence-electron chi connectivity index (χ3n) is 5.30. The zero-order valence-electron chi connectivity index (χ0n) is 18.8. The Morgan fingerprint density at radius 2 is 1.70 bits per heavy atom. The fourth-order valence-electron chi connectivity index (χ4n) is 3.61. The molecule has 10 heteroatoms. The minimum absolute atomic E-state index is 0.0526. The van der Waals surface area contributed by atoms with Gasteiger partial charge in [0.1, 0.15) is 0 Å². The van der Waals surface area contributed by atoms with Gasteiger partial charge in [-0.25, -0.2) is 4.79 Å². The van der Waals surface area contributed by atoms with Crippen molar-refractivity contribution in [3.05, 3.63) is 51.5 Å². The number of nitrogens with one attached hydrogen (secondary N) is 1. The third kappa shape index (κ3) is 7.04. The summed E-state index contributed by atoms with van der Waals surface area (Å²) in [6, 6.07) is 8.72. The van der Waals surface area contributed by atoms with Crippen LogP contribution in [0.2, 0.25) is 10.0 Å². The third-order valence-corrected chi connectivity index (χ3v) is 6.03. The zero-order chi connectivity index (χ0) is 24.4. The standard InChI is InChI=1S/C23H29Cl2NO7/c1-30-19-9-15(10-20(31-2)21(19)32-3)12-33-14-23(7-4-8-27,13-26-22(28)29)16-5-6-17(24)18(25)11-16/h5-6,9-11,26-27H,4,7-8,12-14H2,1-3H3,(H,28,29). The first-order valence-corrected chi connectivity index (χ1v) is 11.0. The molecule has 1 amide bonds. The molecule has 2 aromatic carbocycles. The fraction of sp³-hybridized carbons (Fsp3) is 0.435. The van der Waals surface area contributed by atoms with E-state index in [0.29, 0.717) is 40.1 Å². The Labute approximate surface area is 203 Å². The molecular weight excluding hydrogens is 473 g/mol. The van der Waals surface area contributed by atoms with Gasteiger partial charge in [-0.3, -0.25) is 0 Å². The molecule has 182 valence electrons. The van der Waals surface area contributed by atoms with E-state index < -0.39 is 11.5 Å². The van der Waals surface area contributed by atoms with Crippen LogP contribution in [0.15, 0.2) is 30.3 Å². The fourth-order valence-corrected chi connectivity index (χ4v) is 3.91. The summed E-state index contributed by atoms with van der Waals surface area (Å²) in [7, 11) is 4.59. The minimum atomic E-state index is -1.16. The Morgan fingerprint density at radius 1 is 1.03 bits per heavy atom. The van der Waals surface area contributed by atoms with Gasteiger partial charge in [-0.15, -0.1) is 0 Å². The Kier molecular flexibility index (Phi) is 10.4. The molecule has 0 spiro atoms. The smallest absolute Gasteiger partial charge is 0.404 e. The van der Waals surface area contributed by atoms with Crippen molar-refractivity contribution in [3.63, 3.8) is 0 Å². The number of rotatable bonds is 13. The van der Waals surface area contributed by atoms with Crippen molar-refractivity contribution in [2.24, 2.45) is 0 Å². The summed E-state index contributed by atoms with van der Waals surface area (Å²) in [6.45, 7) is 0.368. The predicted octanol–water partition coefficient (Wildman–Crippen LogP) is 4.51. The Balaban J connectivity index is 2.34. The van der Waals surface area contributed by atoms with E-state index in [4.69, 9.17) is 42.1 Å². The van der Waals surface area contributed by atoms with Crippen LogP contribution in [0.1, 0.15) is 24.0 Å². The summed E-state index contributed by atoms with van der Waals surface area (Å²) in [6.07, 6.45) is -0.264. The van der Waals surface area contributed by atoms with E-state index in [0.717, 1.165) is 11.1 Å². The number of carboxylic acid groups (broad SMARTS) is 1. The van der Waals surface area contributed by atoms with Gasteiger partial charge in [0.2, 0.25) is 5.75 Å². The summed E-state index contributed by atoms with van der Waals surface area (Å²) < 4.78 is 22.2. The first kappa shape index (κ1) is 26.9. The van der Waals surface area contributed by atoms with Crippen LogP contribution in [0.3, 0.4) is 0 Å². The molecule has 8 nitrogen and oxygen atoms in total. The lowest BCUT2D eigenvalue weighted by Gasteiger charge is -2.34. The number of benzene rings is 2. The topological polar surface area (TPSA) is 106 Å². The maximum absolute atomic E-state index is 11.3. The summed E-state index contributed by atoms with van der Waals surface area (Å²) in [4.78, 5) is 11.3. The molecule has 0 heterocycles. The van der Waals surface area contributed by atoms with Crippen LogP contribution < -0.4 is 19.5 Å². The number of amides is 1. The highest BCUT2D eigenvalue weighted by Gasteiger charge is 2.33. The molecule has 1 atom stereocenters. The lowest BCUT2D eigenvalue weighted by Crippen LogP contribution is -2.44. The molecule has 0 aliphatic heterocycles. The van der Waals surface area contributed by atoms with Crippen LogP contribution in [-0.4, -0.2) is 57.4 Å². The number of aliphatic hydroxyl groups is 1. The monoisotopic (exact) mass is 501 g/mol. The summed E-state index contributed by atoms with van der Waals surface area (Å²) in [5, 5.41) is 21.9. The Bertz CT molecular complexity index is 916. The maximum atomic E-state index is 11.3. The number of hydrogen-bond acceptors (Lipinski definition) is 6. The van der Waals surface area contributed by atoms with Crippen molar-refractivity contribution in [1.82, 2.24) is 5.32 Å². The largest absolute Gasteiger partial charge is 0.493 e. The Morgan fingerprint density at radius 3 is 2.21 bits per heavy atom. The highest BCUT2D eigenvalue weighted by molar-refractivity contribution is 6.42. The quantitative estimate of drug-likeness (QED) is 0.370. The van der Waals surface area contributed by atoms with Crippen LogP contribution >= 0.6 is 23.2 Å². The molecule has 0 aromatic heterocycles. The molecule has 0 aliphatic rings. The maximum Gasteiger partial charge on any atom is 0.404 e. The van der Waals surface area contributed by atoms with Gasteiger partial charge in [0, 0.05) is 18.6 Å². The van der Waals surface area contributed by atoms with Gasteiger partial charge in [-0.2, -0.15) is 0 Å². The van der Waals surface area contributed by atoms with Gasteiger partial charge in [-0.1, -0.05) is 29.3 Å². The van der Waals surface area contributed by atoms with Crippen molar-refractivity contribution in [1.29, 1.82) is 0 Å². The molecule has 2 rings (SSSR count). The van der Waals surface area contributed by atoms with Crippen molar-refractivity contribution >= 4 is 29.3 Å². The van der Waals surface area contributed by atoms with Crippen LogP contribution in [-0.2, 0) is 16.8 Å². The van der Waals surface area contributed by atoms with Gasteiger partial charge < -0.3 is 34.5 Å². The minimum Gasteiger partial charge on any atom is -0.493 e. The lowest BCUT2D eigenvalue weighted by atomic mass is 9.77. The summed E-state index contributed by atoms with van der Waals surface area (Å²) >= 11 is 12.3. The number of carbonyl (C=O) groups is 1. The first-order chi connectivity index (χ1) is 15.8. The lowest BCUT2D eigenvalue weighted by molar-refractivity contribution is 0.0623. The van der Waals surface area contributed by atoms with E-state index in [1.807, 2.05) is 0 Å². The molecule has 0 fully saturated rings. The molecule has 0 saturated heterocycles. The molecule has 1 unspecified atom stereocenters. The number of ether oxygens (including phenoxy) is 4. The van der Waals surface area contributed by atoms with Crippen LogP contribution in [0, 0.1) is 0 Å². The van der Waals surface area contributed by atoms with Crippen LogP contribution in [0.5, 0.6) is 17.2 Å². The number of aliphatic hydroxyl groups excluding tert-OH is 1. The molecule has 2 aromatic rings. The molecule has 0 radical (unpaired) electrons. The van der Waals surface area contributed by atoms with Gasteiger partial charge >= 0.3 is 6.09 Å². The second-order valence-corrected chi connectivity index (χ2v) is 8.24. The van der Waals surface area contributed by atoms with Crippen LogP contribution in [0.25, 0.3) is 0 Å². The second-order valence-electron chi connectivity index (χ2n) is 7.42. The van der Waals surface area contributed by atoms with E-state index in [1.165, 1.54) is 21.3 Å².